The first-order valence-electron chi connectivity index (χ1n) is 10.2. The zero-order valence-electron chi connectivity index (χ0n) is 18.4. The molecule has 11 nitrogen and oxygen atoms in total. The third-order valence-corrected chi connectivity index (χ3v) is 6.12. The first-order chi connectivity index (χ1) is 17.0. The minimum absolute atomic E-state index is 0.168. The molecule has 4 aromatic heterocycles. The van der Waals surface area contributed by atoms with E-state index in [1.54, 1.807) is 18.2 Å². The Bertz CT molecular complexity index is 1520. The molecule has 5 aromatic rings. The summed E-state index contributed by atoms with van der Waals surface area (Å²) in [6.45, 7) is 2.01. The van der Waals surface area contributed by atoms with Gasteiger partial charge in [0.2, 0.25) is 5.82 Å². The SMILES string of the molecule is COc1cnc(Cl)cc1-c1cc(C)ncc1C(=O)Nc1nc2cc(OCc3nn[nH]n3)ccc2s1. The van der Waals surface area contributed by atoms with Crippen molar-refractivity contribution in [2.24, 2.45) is 0 Å². The van der Waals surface area contributed by atoms with E-state index in [0.29, 0.717) is 44.7 Å². The standard InChI is InChI=1S/C22H17ClN8O3S/c1-11-5-13(14-7-19(23)25-9-17(14)33-2)15(8-24-11)21(32)27-22-26-16-6-12(3-4-18(16)35-22)34-10-20-28-30-31-29-20/h3-9H,10H2,1-2H3,(H,26,27,32)(H,28,29,30,31). The van der Waals surface area contributed by atoms with Gasteiger partial charge >= 0.3 is 0 Å². The molecule has 0 saturated heterocycles. The van der Waals surface area contributed by atoms with E-state index in [-0.39, 0.29) is 17.7 Å². The lowest BCUT2D eigenvalue weighted by Crippen LogP contribution is -2.14. The number of ether oxygens (including phenoxy) is 2. The van der Waals surface area contributed by atoms with Crippen LogP contribution in [0.5, 0.6) is 11.5 Å². The van der Waals surface area contributed by atoms with E-state index in [1.807, 2.05) is 19.1 Å². The highest BCUT2D eigenvalue weighted by molar-refractivity contribution is 7.22. The number of benzene rings is 1. The number of methoxy groups -OCH3 is 1. The molecular formula is C22H17ClN8O3S. The van der Waals surface area contributed by atoms with Crippen LogP contribution in [0.3, 0.4) is 0 Å². The summed E-state index contributed by atoms with van der Waals surface area (Å²) in [4.78, 5) is 26.1. The number of rotatable bonds is 7. The lowest BCUT2D eigenvalue weighted by molar-refractivity contribution is 0.102. The van der Waals surface area contributed by atoms with Crippen LogP contribution in [0.1, 0.15) is 21.9 Å². The van der Waals surface area contributed by atoms with Crippen molar-refractivity contribution in [1.29, 1.82) is 0 Å². The van der Waals surface area contributed by atoms with Crippen LogP contribution in [0.2, 0.25) is 5.15 Å². The number of hydrogen-bond donors (Lipinski definition) is 2. The quantitative estimate of drug-likeness (QED) is 0.311. The number of carbonyl (C=O) groups is 1. The molecule has 0 spiro atoms. The van der Waals surface area contributed by atoms with E-state index in [2.05, 4.69) is 40.9 Å². The molecule has 1 amide bonds. The van der Waals surface area contributed by atoms with E-state index >= 15 is 0 Å². The van der Waals surface area contributed by atoms with Crippen LogP contribution in [0.4, 0.5) is 5.13 Å². The molecule has 0 fully saturated rings. The van der Waals surface area contributed by atoms with Crippen molar-refractivity contribution in [3.05, 3.63) is 65.0 Å². The number of anilines is 1. The summed E-state index contributed by atoms with van der Waals surface area (Å²) in [5.74, 6) is 1.15. The minimum atomic E-state index is -0.366. The molecule has 2 N–H and O–H groups in total. The van der Waals surface area contributed by atoms with Crippen LogP contribution in [0.25, 0.3) is 21.3 Å². The van der Waals surface area contributed by atoms with Gasteiger partial charge in [-0.1, -0.05) is 28.2 Å². The molecule has 0 saturated carbocycles. The summed E-state index contributed by atoms with van der Waals surface area (Å²) in [7, 11) is 1.53. The molecule has 0 aliphatic heterocycles. The van der Waals surface area contributed by atoms with Gasteiger partial charge in [-0.05, 0) is 31.2 Å². The third-order valence-electron chi connectivity index (χ3n) is 4.97. The van der Waals surface area contributed by atoms with Gasteiger partial charge in [0.1, 0.15) is 16.7 Å². The number of nitrogens with zero attached hydrogens (tertiary/aromatic N) is 6. The molecule has 0 atom stereocenters. The van der Waals surface area contributed by atoms with Crippen molar-refractivity contribution >= 4 is 44.2 Å². The van der Waals surface area contributed by atoms with Crippen LogP contribution in [-0.2, 0) is 6.61 Å². The second-order valence-corrected chi connectivity index (χ2v) is 8.72. The lowest BCUT2D eigenvalue weighted by atomic mass is 10.0. The topological polar surface area (TPSA) is 141 Å². The maximum Gasteiger partial charge on any atom is 0.259 e. The predicted molar refractivity (Wildman–Crippen MR) is 130 cm³/mol. The second kappa shape index (κ2) is 9.60. The van der Waals surface area contributed by atoms with Crippen LogP contribution in [0, 0.1) is 6.92 Å². The molecule has 0 radical (unpaired) electrons. The maximum atomic E-state index is 13.3. The Morgan fingerprint density at radius 2 is 2.06 bits per heavy atom. The van der Waals surface area contributed by atoms with Gasteiger partial charge in [0.25, 0.3) is 5.91 Å². The van der Waals surface area contributed by atoms with E-state index in [1.165, 1.54) is 30.8 Å². The number of aromatic nitrogens is 7. The van der Waals surface area contributed by atoms with Crippen molar-refractivity contribution in [3.63, 3.8) is 0 Å². The molecule has 5 rings (SSSR count). The first kappa shape index (κ1) is 22.6. The summed E-state index contributed by atoms with van der Waals surface area (Å²) in [6.07, 6.45) is 3.03. The Morgan fingerprint density at radius 1 is 1.17 bits per heavy atom. The Kier molecular flexibility index (Phi) is 6.21. The third kappa shape index (κ3) is 4.88. The van der Waals surface area contributed by atoms with Crippen molar-refractivity contribution in [3.8, 4) is 22.6 Å². The van der Waals surface area contributed by atoms with Crippen molar-refractivity contribution in [2.75, 3.05) is 12.4 Å². The Hall–Kier alpha value is -4.16. The number of fused-ring (bicyclic) bond motifs is 1. The van der Waals surface area contributed by atoms with E-state index in [4.69, 9.17) is 21.1 Å². The summed E-state index contributed by atoms with van der Waals surface area (Å²) in [5.41, 5.74) is 3.02. The normalized spacial score (nSPS) is 10.9. The van der Waals surface area contributed by atoms with Gasteiger partial charge in [0.05, 0.1) is 29.1 Å². The van der Waals surface area contributed by atoms with Gasteiger partial charge in [-0.3, -0.25) is 15.1 Å². The van der Waals surface area contributed by atoms with Crippen LogP contribution >= 0.6 is 22.9 Å². The minimum Gasteiger partial charge on any atom is -0.494 e. The fourth-order valence-electron chi connectivity index (χ4n) is 3.36. The number of hydrogen-bond acceptors (Lipinski definition) is 10. The van der Waals surface area contributed by atoms with Gasteiger partial charge in [-0.25, -0.2) is 9.97 Å². The summed E-state index contributed by atoms with van der Waals surface area (Å²) < 4.78 is 12.0. The monoisotopic (exact) mass is 508 g/mol. The number of aromatic amines is 1. The molecule has 4 heterocycles. The summed E-state index contributed by atoms with van der Waals surface area (Å²) in [6, 6.07) is 8.92. The molecule has 0 unspecified atom stereocenters. The molecule has 1 aromatic carbocycles. The molecule has 0 aliphatic rings. The predicted octanol–water partition coefficient (Wildman–Crippen LogP) is 4.07. The number of halogens is 1. The van der Waals surface area contributed by atoms with Gasteiger partial charge in [0.15, 0.2) is 11.7 Å². The number of nitrogens with one attached hydrogen (secondary N) is 2. The van der Waals surface area contributed by atoms with Crippen LogP contribution < -0.4 is 14.8 Å². The lowest BCUT2D eigenvalue weighted by Gasteiger charge is -2.13. The Morgan fingerprint density at radius 3 is 2.86 bits per heavy atom. The largest absolute Gasteiger partial charge is 0.494 e. The smallest absolute Gasteiger partial charge is 0.259 e. The number of pyridine rings is 2. The second-order valence-electron chi connectivity index (χ2n) is 7.30. The van der Waals surface area contributed by atoms with Crippen molar-refractivity contribution < 1.29 is 14.3 Å². The average Bonchev–Trinajstić information content (AvgIpc) is 3.51. The first-order valence-corrected chi connectivity index (χ1v) is 11.4. The number of aryl methyl sites for hydroxylation is 1. The van der Waals surface area contributed by atoms with E-state index in [0.717, 1.165) is 10.4 Å². The zero-order chi connectivity index (χ0) is 24.4. The number of amides is 1. The van der Waals surface area contributed by atoms with Crippen molar-refractivity contribution in [2.45, 2.75) is 13.5 Å². The summed E-state index contributed by atoms with van der Waals surface area (Å²) in [5, 5.41) is 17.2. The maximum absolute atomic E-state index is 13.3. The Labute approximate surface area is 207 Å². The summed E-state index contributed by atoms with van der Waals surface area (Å²) >= 11 is 7.47. The van der Waals surface area contributed by atoms with E-state index in [9.17, 15) is 4.79 Å². The fourth-order valence-corrected chi connectivity index (χ4v) is 4.36. The fraction of sp³-hybridized carbons (Fsp3) is 0.136. The van der Waals surface area contributed by atoms with Gasteiger partial charge < -0.3 is 9.47 Å². The number of carbonyl (C=O) groups excluding carboxylic acids is 1. The highest BCUT2D eigenvalue weighted by Gasteiger charge is 2.19. The molecule has 0 aliphatic carbocycles. The van der Waals surface area contributed by atoms with Gasteiger partial charge in [-0.2, -0.15) is 5.21 Å². The van der Waals surface area contributed by atoms with Crippen LogP contribution in [-0.4, -0.2) is 48.6 Å². The van der Waals surface area contributed by atoms with Gasteiger partial charge in [0, 0.05) is 29.1 Å². The average molecular weight is 509 g/mol. The number of thiazole rings is 1. The van der Waals surface area contributed by atoms with Crippen molar-refractivity contribution in [1.82, 2.24) is 35.6 Å². The number of tetrazole rings is 1. The number of H-pyrrole nitrogens is 1. The zero-order valence-corrected chi connectivity index (χ0v) is 20.0. The molecule has 176 valence electrons. The Balaban J connectivity index is 1.41. The van der Waals surface area contributed by atoms with E-state index < -0.39 is 0 Å². The highest BCUT2D eigenvalue weighted by atomic mass is 35.5. The van der Waals surface area contributed by atoms with Crippen LogP contribution in [0.15, 0.2) is 42.7 Å². The highest BCUT2D eigenvalue weighted by Crippen LogP contribution is 2.35. The van der Waals surface area contributed by atoms with Gasteiger partial charge in [-0.15, -0.1) is 10.2 Å². The molecule has 35 heavy (non-hydrogen) atoms. The molecule has 0 bridgehead atoms. The molecular weight excluding hydrogens is 492 g/mol. The molecule has 13 heteroatoms.